The van der Waals surface area contributed by atoms with Gasteiger partial charge in [0.15, 0.2) is 0 Å². The third kappa shape index (κ3) is 4.34. The van der Waals surface area contributed by atoms with E-state index in [1.807, 2.05) is 13.8 Å². The van der Waals surface area contributed by atoms with Crippen LogP contribution in [0.3, 0.4) is 0 Å². The Bertz CT molecular complexity index is 1780. The summed E-state index contributed by atoms with van der Waals surface area (Å²) in [5.41, 5.74) is 14.9. The van der Waals surface area contributed by atoms with Gasteiger partial charge in [-0.25, -0.2) is 0 Å². The predicted octanol–water partition coefficient (Wildman–Crippen LogP) is 11.7. The van der Waals surface area contributed by atoms with Crippen molar-refractivity contribution in [3.05, 3.63) is 144 Å². The molecule has 0 radical (unpaired) electrons. The molecule has 1 unspecified atom stereocenters. The molecule has 40 heavy (non-hydrogen) atoms. The van der Waals surface area contributed by atoms with Crippen LogP contribution in [0.5, 0.6) is 0 Å². The zero-order valence-electron chi connectivity index (χ0n) is 23.9. The molecule has 0 bridgehead atoms. The molecule has 6 aromatic carbocycles. The highest BCUT2D eigenvalue weighted by Crippen LogP contribution is 2.53. The number of hydrogen-bond donors (Lipinski definition) is 0. The summed E-state index contributed by atoms with van der Waals surface area (Å²) in [5, 5.41) is 2.61. The van der Waals surface area contributed by atoms with E-state index in [1.54, 1.807) is 0 Å². The van der Waals surface area contributed by atoms with E-state index in [2.05, 4.69) is 141 Å². The summed E-state index contributed by atoms with van der Waals surface area (Å²) in [4.78, 5) is 0. The molecule has 0 aliphatic heterocycles. The standard InChI is InChI=1S/C38H30.C2H6/c1-3-30-37-32(29-23-21-27(22-24-29)26-19-17-25(2)18-20-26)12-7-15-35(37)36-16-8-14-34(38(30)36)33-13-6-10-28-9-4-5-11-31(28)33;1-2/h4-24,30H,3H2,1-2H3;1-2H3. The number of fused-ring (bicyclic) bond motifs is 4. The first kappa shape index (κ1) is 25.8. The highest BCUT2D eigenvalue weighted by Gasteiger charge is 2.32. The monoisotopic (exact) mass is 516 g/mol. The number of hydrogen-bond acceptors (Lipinski definition) is 0. The Kier molecular flexibility index (Phi) is 7.10. The molecule has 0 heteroatoms. The van der Waals surface area contributed by atoms with E-state index in [1.165, 1.54) is 72.0 Å². The Labute approximate surface area is 239 Å². The molecular formula is C40H36. The molecule has 0 saturated heterocycles. The first-order valence-electron chi connectivity index (χ1n) is 14.6. The molecular weight excluding hydrogens is 480 g/mol. The van der Waals surface area contributed by atoms with E-state index in [9.17, 15) is 0 Å². The Morgan fingerprint density at radius 1 is 0.450 bits per heavy atom. The van der Waals surface area contributed by atoms with Gasteiger partial charge in [0.1, 0.15) is 0 Å². The number of aryl methyl sites for hydroxylation is 1. The smallest absolute Gasteiger partial charge is 0.0111 e. The van der Waals surface area contributed by atoms with Crippen LogP contribution in [-0.4, -0.2) is 0 Å². The molecule has 0 nitrogen and oxygen atoms in total. The predicted molar refractivity (Wildman–Crippen MR) is 174 cm³/mol. The van der Waals surface area contributed by atoms with Gasteiger partial charge < -0.3 is 0 Å². The van der Waals surface area contributed by atoms with Crippen LogP contribution >= 0.6 is 0 Å². The zero-order chi connectivity index (χ0) is 27.6. The lowest BCUT2D eigenvalue weighted by molar-refractivity contribution is 0.800. The lowest BCUT2D eigenvalue weighted by Crippen LogP contribution is -1.99. The zero-order valence-corrected chi connectivity index (χ0v) is 23.9. The fourth-order valence-electron chi connectivity index (χ4n) is 6.44. The van der Waals surface area contributed by atoms with E-state index >= 15 is 0 Å². The van der Waals surface area contributed by atoms with Gasteiger partial charge >= 0.3 is 0 Å². The van der Waals surface area contributed by atoms with Crippen molar-refractivity contribution in [1.29, 1.82) is 0 Å². The Morgan fingerprint density at radius 3 is 1.55 bits per heavy atom. The van der Waals surface area contributed by atoms with Crippen LogP contribution in [-0.2, 0) is 0 Å². The van der Waals surface area contributed by atoms with Crippen LogP contribution in [0.2, 0.25) is 0 Å². The van der Waals surface area contributed by atoms with Gasteiger partial charge in [0.2, 0.25) is 0 Å². The Morgan fingerprint density at radius 2 is 0.900 bits per heavy atom. The van der Waals surface area contributed by atoms with Gasteiger partial charge in [-0.1, -0.05) is 154 Å². The van der Waals surface area contributed by atoms with Crippen molar-refractivity contribution in [2.45, 2.75) is 40.0 Å². The lowest BCUT2D eigenvalue weighted by atomic mass is 9.84. The van der Waals surface area contributed by atoms with Crippen molar-refractivity contribution >= 4 is 10.8 Å². The quantitative estimate of drug-likeness (QED) is 0.218. The van der Waals surface area contributed by atoms with Crippen molar-refractivity contribution < 1.29 is 0 Å². The molecule has 0 N–H and O–H groups in total. The van der Waals surface area contributed by atoms with E-state index in [0.717, 1.165) is 6.42 Å². The van der Waals surface area contributed by atoms with Crippen molar-refractivity contribution in [2.24, 2.45) is 0 Å². The van der Waals surface area contributed by atoms with E-state index in [0.29, 0.717) is 5.92 Å². The van der Waals surface area contributed by atoms with Crippen molar-refractivity contribution in [1.82, 2.24) is 0 Å². The minimum atomic E-state index is 0.364. The van der Waals surface area contributed by atoms with Crippen LogP contribution in [0.1, 0.15) is 49.8 Å². The summed E-state index contributed by atoms with van der Waals surface area (Å²) >= 11 is 0. The van der Waals surface area contributed by atoms with Gasteiger partial charge in [0.25, 0.3) is 0 Å². The molecule has 0 heterocycles. The topological polar surface area (TPSA) is 0 Å². The summed E-state index contributed by atoms with van der Waals surface area (Å²) in [7, 11) is 0. The van der Waals surface area contributed by atoms with Crippen molar-refractivity contribution in [3.63, 3.8) is 0 Å². The third-order valence-electron chi connectivity index (χ3n) is 8.27. The molecule has 0 fully saturated rings. The second kappa shape index (κ2) is 11.0. The molecule has 0 amide bonds. The molecule has 6 aromatic rings. The van der Waals surface area contributed by atoms with Gasteiger partial charge in [0.05, 0.1) is 0 Å². The van der Waals surface area contributed by atoms with Crippen LogP contribution < -0.4 is 0 Å². The maximum Gasteiger partial charge on any atom is 0.0111 e. The van der Waals surface area contributed by atoms with Gasteiger partial charge in [-0.15, -0.1) is 0 Å². The molecule has 0 saturated carbocycles. The normalized spacial score (nSPS) is 13.3. The summed E-state index contributed by atoms with van der Waals surface area (Å²) in [6.07, 6.45) is 1.07. The fraction of sp³-hybridized carbons (Fsp3) is 0.150. The Balaban J connectivity index is 0.00000142. The average Bonchev–Trinajstić information content (AvgIpc) is 3.36. The largest absolute Gasteiger partial charge is 0.0683 e. The SMILES string of the molecule is CC.CCC1c2c(-c3ccc(-c4ccc(C)cc4)cc3)cccc2-c2cccc(-c3cccc4ccccc34)c21. The molecule has 196 valence electrons. The van der Waals surface area contributed by atoms with Crippen LogP contribution in [0, 0.1) is 6.92 Å². The maximum absolute atomic E-state index is 2.33. The highest BCUT2D eigenvalue weighted by molar-refractivity contribution is 6.00. The van der Waals surface area contributed by atoms with E-state index < -0.39 is 0 Å². The average molecular weight is 517 g/mol. The summed E-state index contributed by atoms with van der Waals surface area (Å²) in [5.74, 6) is 0.364. The van der Waals surface area contributed by atoms with Crippen LogP contribution in [0.4, 0.5) is 0 Å². The van der Waals surface area contributed by atoms with Gasteiger partial charge in [-0.05, 0) is 79.8 Å². The second-order valence-electron chi connectivity index (χ2n) is 10.5. The fourth-order valence-corrected chi connectivity index (χ4v) is 6.44. The van der Waals surface area contributed by atoms with Gasteiger partial charge in [0, 0.05) is 5.92 Å². The van der Waals surface area contributed by atoms with Crippen molar-refractivity contribution in [3.8, 4) is 44.5 Å². The molecule has 7 rings (SSSR count). The third-order valence-corrected chi connectivity index (χ3v) is 8.27. The van der Waals surface area contributed by atoms with E-state index in [-0.39, 0.29) is 0 Å². The molecule has 1 aliphatic carbocycles. The van der Waals surface area contributed by atoms with Gasteiger partial charge in [-0.2, -0.15) is 0 Å². The van der Waals surface area contributed by atoms with Crippen LogP contribution in [0.15, 0.2) is 127 Å². The molecule has 1 atom stereocenters. The lowest BCUT2D eigenvalue weighted by Gasteiger charge is -2.19. The minimum Gasteiger partial charge on any atom is -0.0683 e. The maximum atomic E-state index is 2.33. The Hall–Kier alpha value is -4.42. The number of benzene rings is 6. The molecule has 1 aliphatic rings. The summed E-state index contributed by atoms with van der Waals surface area (Å²) < 4.78 is 0. The minimum absolute atomic E-state index is 0.364. The molecule has 0 spiro atoms. The molecule has 0 aromatic heterocycles. The first-order chi connectivity index (χ1) is 19.7. The highest BCUT2D eigenvalue weighted by atomic mass is 14.4. The van der Waals surface area contributed by atoms with Crippen LogP contribution in [0.25, 0.3) is 55.3 Å². The van der Waals surface area contributed by atoms with Crippen molar-refractivity contribution in [2.75, 3.05) is 0 Å². The summed E-state index contributed by atoms with van der Waals surface area (Å²) in [6, 6.07) is 47.1. The number of rotatable bonds is 4. The van der Waals surface area contributed by atoms with E-state index in [4.69, 9.17) is 0 Å². The second-order valence-corrected chi connectivity index (χ2v) is 10.5. The first-order valence-corrected chi connectivity index (χ1v) is 14.6. The summed E-state index contributed by atoms with van der Waals surface area (Å²) in [6.45, 7) is 8.47. The van der Waals surface area contributed by atoms with Gasteiger partial charge in [-0.3, -0.25) is 0 Å².